The summed E-state index contributed by atoms with van der Waals surface area (Å²) in [5.74, 6) is 2.52. The zero-order valence-corrected chi connectivity index (χ0v) is 12.9. The number of hydrogen-bond donors (Lipinski definition) is 0. The standard InChI is InChI=1S/C18H23NO2/c1-17-5-12-3-13(6-17)8-18(7-12,11-17)16(20)14-4-15(21-2)10-19-9-14/h4,9-10,12-13H,3,5-8,11H2,1-2H3. The summed E-state index contributed by atoms with van der Waals surface area (Å²) in [6, 6.07) is 1.86. The molecular formula is C18H23NO2. The molecule has 4 aliphatic carbocycles. The lowest BCUT2D eigenvalue weighted by molar-refractivity contribution is -0.0820. The van der Waals surface area contributed by atoms with Gasteiger partial charge in [0, 0.05) is 17.2 Å². The number of ketones is 1. The van der Waals surface area contributed by atoms with Gasteiger partial charge in [-0.1, -0.05) is 6.92 Å². The van der Waals surface area contributed by atoms with Crippen LogP contribution >= 0.6 is 0 Å². The molecule has 0 spiro atoms. The van der Waals surface area contributed by atoms with Gasteiger partial charge in [-0.25, -0.2) is 0 Å². The van der Waals surface area contributed by atoms with E-state index in [9.17, 15) is 4.79 Å². The second kappa shape index (κ2) is 4.31. The topological polar surface area (TPSA) is 39.2 Å². The molecule has 1 heterocycles. The predicted octanol–water partition coefficient (Wildman–Crippen LogP) is 3.88. The number of carbonyl (C=O) groups excluding carboxylic acids is 1. The normalized spacial score (nSPS) is 40.3. The maximum Gasteiger partial charge on any atom is 0.170 e. The monoisotopic (exact) mass is 285 g/mol. The molecule has 0 N–H and O–H groups in total. The fraction of sp³-hybridized carbons (Fsp3) is 0.667. The third kappa shape index (κ3) is 2.01. The lowest BCUT2D eigenvalue weighted by atomic mass is 9.43. The summed E-state index contributed by atoms with van der Waals surface area (Å²) >= 11 is 0. The van der Waals surface area contributed by atoms with E-state index in [4.69, 9.17) is 4.74 Å². The lowest BCUT2D eigenvalue weighted by Crippen LogP contribution is -2.54. The number of hydrogen-bond acceptors (Lipinski definition) is 3. The summed E-state index contributed by atoms with van der Waals surface area (Å²) in [6.45, 7) is 2.40. The second-order valence-electron chi connectivity index (χ2n) is 7.99. The number of aromatic nitrogens is 1. The Balaban J connectivity index is 1.70. The van der Waals surface area contributed by atoms with Crippen LogP contribution in [0.5, 0.6) is 5.75 Å². The molecule has 0 aliphatic heterocycles. The van der Waals surface area contributed by atoms with Crippen molar-refractivity contribution >= 4 is 5.78 Å². The van der Waals surface area contributed by atoms with Gasteiger partial charge in [0.1, 0.15) is 5.75 Å². The van der Waals surface area contributed by atoms with Gasteiger partial charge >= 0.3 is 0 Å². The number of rotatable bonds is 3. The van der Waals surface area contributed by atoms with Crippen molar-refractivity contribution < 1.29 is 9.53 Å². The van der Waals surface area contributed by atoms with E-state index in [-0.39, 0.29) is 5.41 Å². The van der Waals surface area contributed by atoms with Crippen LogP contribution in [0.3, 0.4) is 0 Å². The first-order valence-corrected chi connectivity index (χ1v) is 8.06. The molecule has 5 rings (SSSR count). The number of Topliss-reactive ketones (excluding diaryl/α,β-unsaturated/α-hetero) is 1. The quantitative estimate of drug-likeness (QED) is 0.791. The van der Waals surface area contributed by atoms with Crippen molar-refractivity contribution in [2.75, 3.05) is 7.11 Å². The minimum atomic E-state index is -0.118. The molecule has 4 bridgehead atoms. The van der Waals surface area contributed by atoms with Gasteiger partial charge in [-0.05, 0) is 61.8 Å². The average Bonchev–Trinajstić information content (AvgIpc) is 2.44. The average molecular weight is 285 g/mol. The Labute approximate surface area is 126 Å². The van der Waals surface area contributed by atoms with E-state index in [0.717, 1.165) is 36.7 Å². The van der Waals surface area contributed by atoms with E-state index >= 15 is 0 Å². The first kappa shape index (κ1) is 13.3. The van der Waals surface area contributed by atoms with Crippen LogP contribution in [-0.4, -0.2) is 17.9 Å². The van der Waals surface area contributed by atoms with Crippen molar-refractivity contribution in [2.45, 2.75) is 45.4 Å². The molecule has 1 aromatic heterocycles. The zero-order valence-electron chi connectivity index (χ0n) is 12.9. The molecular weight excluding hydrogens is 262 g/mol. The van der Waals surface area contributed by atoms with Crippen LogP contribution in [0.1, 0.15) is 55.8 Å². The van der Waals surface area contributed by atoms with E-state index in [1.54, 1.807) is 19.5 Å². The highest BCUT2D eigenvalue weighted by atomic mass is 16.5. The van der Waals surface area contributed by atoms with Crippen LogP contribution in [-0.2, 0) is 0 Å². The van der Waals surface area contributed by atoms with Crippen LogP contribution in [0.25, 0.3) is 0 Å². The zero-order chi connectivity index (χ0) is 14.7. The van der Waals surface area contributed by atoms with Gasteiger partial charge < -0.3 is 4.74 Å². The molecule has 21 heavy (non-hydrogen) atoms. The Bertz CT molecular complexity index is 581. The van der Waals surface area contributed by atoms with Gasteiger partial charge in [0.2, 0.25) is 0 Å². The fourth-order valence-corrected chi connectivity index (χ4v) is 5.95. The van der Waals surface area contributed by atoms with E-state index in [2.05, 4.69) is 11.9 Å². The molecule has 4 fully saturated rings. The van der Waals surface area contributed by atoms with Crippen molar-refractivity contribution in [3.05, 3.63) is 24.0 Å². The molecule has 0 aromatic carbocycles. The SMILES string of the molecule is COc1cncc(C(=O)C23CC4CC(CC(C)(C4)C2)C3)c1. The van der Waals surface area contributed by atoms with Gasteiger partial charge in [-0.15, -0.1) is 0 Å². The van der Waals surface area contributed by atoms with Crippen LogP contribution in [0, 0.1) is 22.7 Å². The third-order valence-corrected chi connectivity index (χ3v) is 6.05. The molecule has 2 atom stereocenters. The Morgan fingerprint density at radius 3 is 2.57 bits per heavy atom. The van der Waals surface area contributed by atoms with Crippen molar-refractivity contribution in [1.82, 2.24) is 4.98 Å². The summed E-state index contributed by atoms with van der Waals surface area (Å²) in [7, 11) is 1.62. The smallest absolute Gasteiger partial charge is 0.170 e. The molecule has 0 amide bonds. The fourth-order valence-electron chi connectivity index (χ4n) is 5.95. The highest BCUT2D eigenvalue weighted by Crippen LogP contribution is 2.65. The maximum absolute atomic E-state index is 13.2. The van der Waals surface area contributed by atoms with Crippen LogP contribution in [0.4, 0.5) is 0 Å². The van der Waals surface area contributed by atoms with Crippen LogP contribution in [0.15, 0.2) is 18.5 Å². The first-order chi connectivity index (χ1) is 10.0. The summed E-state index contributed by atoms with van der Waals surface area (Å²) in [5, 5.41) is 0. The van der Waals surface area contributed by atoms with Gasteiger partial charge in [0.15, 0.2) is 5.78 Å². The molecule has 3 heteroatoms. The molecule has 0 saturated heterocycles. The Hall–Kier alpha value is -1.38. The molecule has 4 aliphatic rings. The minimum absolute atomic E-state index is 0.118. The summed E-state index contributed by atoms with van der Waals surface area (Å²) in [4.78, 5) is 17.4. The van der Waals surface area contributed by atoms with Crippen molar-refractivity contribution in [1.29, 1.82) is 0 Å². The summed E-state index contributed by atoms with van der Waals surface area (Å²) in [5.41, 5.74) is 1.01. The highest BCUT2D eigenvalue weighted by molar-refractivity contribution is 6.01. The largest absolute Gasteiger partial charge is 0.495 e. The van der Waals surface area contributed by atoms with E-state index in [1.807, 2.05) is 6.07 Å². The van der Waals surface area contributed by atoms with E-state index in [1.165, 1.54) is 19.3 Å². The van der Waals surface area contributed by atoms with Gasteiger partial charge in [0.05, 0.1) is 13.3 Å². The van der Waals surface area contributed by atoms with Crippen molar-refractivity contribution in [3.8, 4) is 5.75 Å². The second-order valence-corrected chi connectivity index (χ2v) is 7.99. The number of nitrogens with zero attached hydrogens (tertiary/aromatic N) is 1. The van der Waals surface area contributed by atoms with Crippen molar-refractivity contribution in [2.24, 2.45) is 22.7 Å². The molecule has 0 radical (unpaired) electrons. The Kier molecular flexibility index (Phi) is 2.73. The van der Waals surface area contributed by atoms with Crippen LogP contribution < -0.4 is 4.74 Å². The number of ether oxygens (including phenoxy) is 1. The van der Waals surface area contributed by atoms with E-state index < -0.39 is 0 Å². The first-order valence-electron chi connectivity index (χ1n) is 8.06. The number of pyridine rings is 1. The van der Waals surface area contributed by atoms with E-state index in [0.29, 0.717) is 16.9 Å². The molecule has 4 saturated carbocycles. The summed E-state index contributed by atoms with van der Waals surface area (Å²) in [6.07, 6.45) is 10.6. The lowest BCUT2D eigenvalue weighted by Gasteiger charge is -2.60. The summed E-state index contributed by atoms with van der Waals surface area (Å²) < 4.78 is 5.23. The Morgan fingerprint density at radius 2 is 1.95 bits per heavy atom. The van der Waals surface area contributed by atoms with Crippen LogP contribution in [0.2, 0.25) is 0 Å². The highest BCUT2D eigenvalue weighted by Gasteiger charge is 2.58. The predicted molar refractivity (Wildman–Crippen MR) is 80.3 cm³/mol. The Morgan fingerprint density at radius 1 is 1.24 bits per heavy atom. The molecule has 112 valence electrons. The van der Waals surface area contributed by atoms with Crippen molar-refractivity contribution in [3.63, 3.8) is 0 Å². The maximum atomic E-state index is 13.2. The molecule has 3 nitrogen and oxygen atoms in total. The van der Waals surface area contributed by atoms with Gasteiger partial charge in [-0.2, -0.15) is 0 Å². The number of methoxy groups -OCH3 is 1. The van der Waals surface area contributed by atoms with Gasteiger partial charge in [0.25, 0.3) is 0 Å². The molecule has 2 unspecified atom stereocenters. The third-order valence-electron chi connectivity index (χ3n) is 6.05. The number of carbonyl (C=O) groups is 1. The molecule has 1 aromatic rings. The van der Waals surface area contributed by atoms with Gasteiger partial charge in [-0.3, -0.25) is 9.78 Å². The minimum Gasteiger partial charge on any atom is -0.495 e.